The lowest BCUT2D eigenvalue weighted by molar-refractivity contribution is 0.0918. The number of aromatic nitrogens is 2. The van der Waals surface area contributed by atoms with E-state index in [4.69, 9.17) is 9.47 Å². The molecule has 0 amide bonds. The van der Waals surface area contributed by atoms with E-state index < -0.39 is 6.16 Å². The fourth-order valence-corrected chi connectivity index (χ4v) is 2.02. The minimum absolute atomic E-state index is 0.0943. The van der Waals surface area contributed by atoms with E-state index in [9.17, 15) is 9.59 Å². The Morgan fingerprint density at radius 1 is 1.00 bits per heavy atom. The van der Waals surface area contributed by atoms with Crippen LogP contribution in [0.2, 0.25) is 0 Å². The van der Waals surface area contributed by atoms with Gasteiger partial charge in [0.05, 0.1) is 5.39 Å². The Balaban J connectivity index is 1.73. The van der Waals surface area contributed by atoms with Crippen molar-refractivity contribution in [2.75, 3.05) is 0 Å². The first kappa shape index (κ1) is 13.8. The Kier molecular flexibility index (Phi) is 3.82. The van der Waals surface area contributed by atoms with Crippen LogP contribution in [0, 0.1) is 0 Å². The van der Waals surface area contributed by atoms with Crippen LogP contribution < -0.4 is 10.3 Å². The van der Waals surface area contributed by atoms with E-state index in [1.165, 1.54) is 0 Å². The number of carbonyl (C=O) groups excluding carboxylic acids is 1. The maximum absolute atomic E-state index is 11.7. The number of hydrogen-bond donors (Lipinski definition) is 1. The Morgan fingerprint density at radius 3 is 2.45 bits per heavy atom. The molecule has 2 aromatic carbocycles. The highest BCUT2D eigenvalue weighted by Gasteiger charge is 2.10. The lowest BCUT2D eigenvalue weighted by Crippen LogP contribution is -2.15. The van der Waals surface area contributed by atoms with Gasteiger partial charge in [0, 0.05) is 5.39 Å². The van der Waals surface area contributed by atoms with Crippen molar-refractivity contribution in [2.24, 2.45) is 0 Å². The second kappa shape index (κ2) is 6.09. The van der Waals surface area contributed by atoms with Crippen molar-refractivity contribution in [1.29, 1.82) is 0 Å². The van der Waals surface area contributed by atoms with Crippen molar-refractivity contribution in [3.63, 3.8) is 0 Å². The fraction of sp³-hybridized carbons (Fsp3) is 0.0625. The van der Waals surface area contributed by atoms with Gasteiger partial charge < -0.3 is 9.47 Å². The zero-order valence-corrected chi connectivity index (χ0v) is 11.5. The standard InChI is InChI=1S/C16H12N2O4/c19-15-13-9-5-4-8-12(13)14(17-18-15)10-21-16(20)22-11-6-2-1-3-7-11/h1-9H,10H2,(H,18,19). The number of fused-ring (bicyclic) bond motifs is 1. The van der Waals surface area contributed by atoms with Crippen LogP contribution in [-0.2, 0) is 11.3 Å². The Labute approximate surface area is 125 Å². The molecule has 3 rings (SSSR count). The van der Waals surface area contributed by atoms with Gasteiger partial charge in [0.25, 0.3) is 5.56 Å². The molecule has 0 aliphatic rings. The summed E-state index contributed by atoms with van der Waals surface area (Å²) < 4.78 is 10.0. The SMILES string of the molecule is O=C(OCc1n[nH]c(=O)c2ccccc12)Oc1ccccc1. The van der Waals surface area contributed by atoms with Crippen LogP contribution in [0.1, 0.15) is 5.69 Å². The number of nitrogens with zero attached hydrogens (tertiary/aromatic N) is 1. The predicted molar refractivity (Wildman–Crippen MR) is 79.6 cm³/mol. The summed E-state index contributed by atoms with van der Waals surface area (Å²) in [6.07, 6.45) is -0.830. The van der Waals surface area contributed by atoms with Crippen molar-refractivity contribution in [1.82, 2.24) is 10.2 Å². The molecule has 0 unspecified atom stereocenters. The zero-order chi connectivity index (χ0) is 15.4. The van der Waals surface area contributed by atoms with Crippen molar-refractivity contribution in [2.45, 2.75) is 6.61 Å². The van der Waals surface area contributed by atoms with E-state index in [-0.39, 0.29) is 12.2 Å². The topological polar surface area (TPSA) is 81.3 Å². The van der Waals surface area contributed by atoms with Gasteiger partial charge in [-0.2, -0.15) is 5.10 Å². The summed E-state index contributed by atoms with van der Waals surface area (Å²) in [5.74, 6) is 0.395. The molecule has 0 bridgehead atoms. The number of benzene rings is 2. The molecule has 1 aromatic heterocycles. The number of H-pyrrole nitrogens is 1. The van der Waals surface area contributed by atoms with Crippen LogP contribution in [0.15, 0.2) is 59.4 Å². The lowest BCUT2D eigenvalue weighted by Gasteiger charge is -2.07. The Bertz CT molecular complexity index is 859. The molecule has 0 aliphatic carbocycles. The molecule has 3 aromatic rings. The van der Waals surface area contributed by atoms with Crippen molar-refractivity contribution in [3.05, 3.63) is 70.6 Å². The van der Waals surface area contributed by atoms with Gasteiger partial charge in [0.15, 0.2) is 0 Å². The summed E-state index contributed by atoms with van der Waals surface area (Å²) in [5.41, 5.74) is 0.173. The maximum atomic E-state index is 11.7. The van der Waals surface area contributed by atoms with Gasteiger partial charge in [-0.25, -0.2) is 9.89 Å². The lowest BCUT2D eigenvalue weighted by atomic mass is 10.1. The van der Waals surface area contributed by atoms with E-state index in [1.807, 2.05) is 6.07 Å². The van der Waals surface area contributed by atoms with E-state index in [1.54, 1.807) is 48.5 Å². The Hall–Kier alpha value is -3.15. The largest absolute Gasteiger partial charge is 0.514 e. The first-order chi connectivity index (χ1) is 10.7. The van der Waals surface area contributed by atoms with Crippen LogP contribution in [0.25, 0.3) is 10.8 Å². The summed E-state index contributed by atoms with van der Waals surface area (Å²) in [6, 6.07) is 15.6. The first-order valence-corrected chi connectivity index (χ1v) is 6.60. The van der Waals surface area contributed by atoms with Gasteiger partial charge in [-0.05, 0) is 18.2 Å². The van der Waals surface area contributed by atoms with Gasteiger partial charge >= 0.3 is 6.16 Å². The average Bonchev–Trinajstić information content (AvgIpc) is 2.55. The third-order valence-electron chi connectivity index (χ3n) is 3.05. The van der Waals surface area contributed by atoms with Crippen LogP contribution in [-0.4, -0.2) is 16.4 Å². The van der Waals surface area contributed by atoms with Crippen LogP contribution >= 0.6 is 0 Å². The molecule has 0 atom stereocenters. The highest BCUT2D eigenvalue weighted by Crippen LogP contribution is 2.14. The summed E-state index contributed by atoms with van der Waals surface area (Å²) in [6.45, 7) is -0.0943. The molecule has 0 saturated carbocycles. The third-order valence-corrected chi connectivity index (χ3v) is 3.05. The number of nitrogens with one attached hydrogen (secondary N) is 1. The number of aromatic amines is 1. The second-order valence-electron chi connectivity index (χ2n) is 4.50. The van der Waals surface area contributed by atoms with Gasteiger partial charge in [0.2, 0.25) is 0 Å². The summed E-state index contributed by atoms with van der Waals surface area (Å²) in [5, 5.41) is 7.42. The van der Waals surface area contributed by atoms with E-state index >= 15 is 0 Å². The summed E-state index contributed by atoms with van der Waals surface area (Å²) in [4.78, 5) is 23.3. The van der Waals surface area contributed by atoms with E-state index in [0.717, 1.165) is 0 Å². The van der Waals surface area contributed by atoms with E-state index in [0.29, 0.717) is 22.2 Å². The number of carbonyl (C=O) groups is 1. The van der Waals surface area contributed by atoms with Gasteiger partial charge in [-0.15, -0.1) is 0 Å². The summed E-state index contributed by atoms with van der Waals surface area (Å²) >= 11 is 0. The van der Waals surface area contributed by atoms with Crippen LogP contribution in [0.5, 0.6) is 5.75 Å². The minimum atomic E-state index is -0.830. The van der Waals surface area contributed by atoms with Crippen molar-refractivity contribution in [3.8, 4) is 5.75 Å². The molecular weight excluding hydrogens is 284 g/mol. The fourth-order valence-electron chi connectivity index (χ4n) is 2.02. The maximum Gasteiger partial charge on any atom is 0.514 e. The number of para-hydroxylation sites is 1. The normalized spacial score (nSPS) is 10.4. The molecule has 6 heteroatoms. The molecule has 6 nitrogen and oxygen atoms in total. The first-order valence-electron chi connectivity index (χ1n) is 6.60. The smallest absolute Gasteiger partial charge is 0.427 e. The number of rotatable bonds is 3. The zero-order valence-electron chi connectivity index (χ0n) is 11.5. The number of hydrogen-bond acceptors (Lipinski definition) is 5. The molecule has 0 aliphatic heterocycles. The Morgan fingerprint density at radius 2 is 1.68 bits per heavy atom. The average molecular weight is 296 g/mol. The minimum Gasteiger partial charge on any atom is -0.427 e. The predicted octanol–water partition coefficient (Wildman–Crippen LogP) is 2.64. The van der Waals surface area contributed by atoms with Gasteiger partial charge in [-0.3, -0.25) is 4.79 Å². The second-order valence-corrected chi connectivity index (χ2v) is 4.50. The molecule has 22 heavy (non-hydrogen) atoms. The highest BCUT2D eigenvalue weighted by molar-refractivity contribution is 5.83. The van der Waals surface area contributed by atoms with Crippen molar-refractivity contribution < 1.29 is 14.3 Å². The summed E-state index contributed by atoms with van der Waals surface area (Å²) in [7, 11) is 0. The molecule has 110 valence electrons. The quantitative estimate of drug-likeness (QED) is 0.593. The molecule has 1 N–H and O–H groups in total. The molecule has 0 radical (unpaired) electrons. The van der Waals surface area contributed by atoms with Crippen LogP contribution in [0.3, 0.4) is 0 Å². The molecule has 1 heterocycles. The number of ether oxygens (including phenoxy) is 2. The molecule has 0 saturated heterocycles. The molecular formula is C16H12N2O4. The van der Waals surface area contributed by atoms with Crippen LogP contribution in [0.4, 0.5) is 4.79 Å². The van der Waals surface area contributed by atoms with Gasteiger partial charge in [0.1, 0.15) is 18.1 Å². The van der Waals surface area contributed by atoms with Crippen molar-refractivity contribution >= 4 is 16.9 Å². The highest BCUT2D eigenvalue weighted by atomic mass is 16.7. The molecule has 0 spiro atoms. The van der Waals surface area contributed by atoms with Gasteiger partial charge in [-0.1, -0.05) is 36.4 Å². The monoisotopic (exact) mass is 296 g/mol. The molecule has 0 fully saturated rings. The third kappa shape index (κ3) is 2.95. The van der Waals surface area contributed by atoms with E-state index in [2.05, 4.69) is 10.2 Å².